The van der Waals surface area contributed by atoms with E-state index in [1.165, 1.54) is 35.8 Å². The van der Waals surface area contributed by atoms with Crippen molar-refractivity contribution in [2.24, 2.45) is 0 Å². The fraction of sp³-hybridized carbons (Fsp3) is 0.182. The zero-order valence-electron chi connectivity index (χ0n) is 17.0. The Morgan fingerprint density at radius 3 is 2.68 bits per heavy atom. The molecule has 31 heavy (non-hydrogen) atoms. The first kappa shape index (κ1) is 21.2. The highest BCUT2D eigenvalue weighted by molar-refractivity contribution is 7.21. The highest BCUT2D eigenvalue weighted by Crippen LogP contribution is 2.36. The number of amides is 1. The minimum absolute atomic E-state index is 0.137. The molecule has 0 fully saturated rings. The van der Waals surface area contributed by atoms with Crippen LogP contribution < -0.4 is 14.8 Å². The van der Waals surface area contributed by atoms with E-state index in [0.29, 0.717) is 42.9 Å². The molecule has 0 unspecified atom stereocenters. The molecule has 0 spiro atoms. The molecule has 6 nitrogen and oxygen atoms in total. The predicted octanol–water partition coefficient (Wildman–Crippen LogP) is 5.58. The summed E-state index contributed by atoms with van der Waals surface area (Å²) in [5.41, 5.74) is 2.06. The largest absolute Gasteiger partial charge is 0.493 e. The molecule has 0 bridgehead atoms. The summed E-state index contributed by atoms with van der Waals surface area (Å²) in [5, 5.41) is 5.53. The molecule has 0 aliphatic heterocycles. The standard InChI is InChI=1S/C22H19FN2O4S2/c1-27-10-13-19-14(23)5-4-6-18(19)31-20(13)21(26)25-22-24-15(11-30-22)12-7-8-16(28-2)17(9-12)29-3/h4-9,11H,10H2,1-3H3,(H,24,25,26). The first-order chi connectivity index (χ1) is 15.0. The van der Waals surface area contributed by atoms with Gasteiger partial charge < -0.3 is 14.2 Å². The number of fused-ring (bicyclic) bond motifs is 1. The lowest BCUT2D eigenvalue weighted by molar-refractivity contribution is 0.102. The Balaban J connectivity index is 1.62. The maximum Gasteiger partial charge on any atom is 0.267 e. The number of rotatable bonds is 7. The van der Waals surface area contributed by atoms with Crippen LogP contribution in [0.5, 0.6) is 11.5 Å². The van der Waals surface area contributed by atoms with E-state index >= 15 is 0 Å². The van der Waals surface area contributed by atoms with Gasteiger partial charge in [-0.05, 0) is 30.3 Å². The fourth-order valence-corrected chi connectivity index (χ4v) is 5.08. The van der Waals surface area contributed by atoms with Gasteiger partial charge in [-0.1, -0.05) is 6.07 Å². The molecule has 9 heteroatoms. The number of ether oxygens (including phenoxy) is 3. The third kappa shape index (κ3) is 4.12. The zero-order chi connectivity index (χ0) is 22.0. The summed E-state index contributed by atoms with van der Waals surface area (Å²) in [6, 6.07) is 10.3. The van der Waals surface area contributed by atoms with Crippen molar-refractivity contribution >= 4 is 43.8 Å². The van der Waals surface area contributed by atoms with E-state index in [9.17, 15) is 9.18 Å². The molecule has 2 aromatic carbocycles. The van der Waals surface area contributed by atoms with E-state index in [-0.39, 0.29) is 18.3 Å². The normalized spacial score (nSPS) is 11.0. The van der Waals surface area contributed by atoms with E-state index in [1.807, 2.05) is 17.5 Å². The van der Waals surface area contributed by atoms with Crippen molar-refractivity contribution < 1.29 is 23.4 Å². The first-order valence-electron chi connectivity index (χ1n) is 9.23. The molecule has 0 saturated heterocycles. The average molecular weight is 459 g/mol. The van der Waals surface area contributed by atoms with E-state index < -0.39 is 0 Å². The molecular weight excluding hydrogens is 439 g/mol. The van der Waals surface area contributed by atoms with Crippen LogP contribution in [0.3, 0.4) is 0 Å². The van der Waals surface area contributed by atoms with Crippen LogP contribution in [0.15, 0.2) is 41.8 Å². The molecule has 4 aromatic rings. The number of aromatic nitrogens is 1. The highest BCUT2D eigenvalue weighted by Gasteiger charge is 2.21. The van der Waals surface area contributed by atoms with E-state index in [1.54, 1.807) is 32.4 Å². The van der Waals surface area contributed by atoms with Crippen molar-refractivity contribution in [2.45, 2.75) is 6.61 Å². The van der Waals surface area contributed by atoms with Gasteiger partial charge in [0.2, 0.25) is 0 Å². The van der Waals surface area contributed by atoms with Crippen molar-refractivity contribution in [3.8, 4) is 22.8 Å². The molecule has 1 amide bonds. The summed E-state index contributed by atoms with van der Waals surface area (Å²) < 4.78 is 30.9. The number of thiazole rings is 1. The zero-order valence-corrected chi connectivity index (χ0v) is 18.7. The molecule has 0 saturated carbocycles. The van der Waals surface area contributed by atoms with E-state index in [4.69, 9.17) is 14.2 Å². The number of nitrogens with zero attached hydrogens (tertiary/aromatic N) is 1. The summed E-state index contributed by atoms with van der Waals surface area (Å²) in [4.78, 5) is 17.9. The SMILES string of the molecule is COCc1c(C(=O)Nc2nc(-c3ccc(OC)c(OC)c3)cs2)sc2cccc(F)c12. The maximum absolute atomic E-state index is 14.4. The monoisotopic (exact) mass is 458 g/mol. The van der Waals surface area contributed by atoms with E-state index in [0.717, 1.165) is 5.56 Å². The molecule has 0 aliphatic carbocycles. The number of methoxy groups -OCH3 is 3. The minimum Gasteiger partial charge on any atom is -0.493 e. The number of thiophene rings is 1. The predicted molar refractivity (Wildman–Crippen MR) is 121 cm³/mol. The third-order valence-electron chi connectivity index (χ3n) is 4.66. The van der Waals surface area contributed by atoms with Gasteiger partial charge in [0.25, 0.3) is 5.91 Å². The molecule has 2 aromatic heterocycles. The summed E-state index contributed by atoms with van der Waals surface area (Å²) >= 11 is 2.54. The smallest absolute Gasteiger partial charge is 0.267 e. The molecule has 0 radical (unpaired) electrons. The van der Waals surface area contributed by atoms with Gasteiger partial charge >= 0.3 is 0 Å². The number of nitrogens with one attached hydrogen (secondary N) is 1. The lowest BCUT2D eigenvalue weighted by Crippen LogP contribution is -2.12. The second-order valence-electron chi connectivity index (χ2n) is 6.52. The van der Waals surface area contributed by atoms with Crippen LogP contribution in [-0.4, -0.2) is 32.2 Å². The topological polar surface area (TPSA) is 69.7 Å². The Morgan fingerprint density at radius 2 is 1.94 bits per heavy atom. The number of benzene rings is 2. The lowest BCUT2D eigenvalue weighted by atomic mass is 10.1. The van der Waals surface area contributed by atoms with Gasteiger partial charge in [0.1, 0.15) is 5.82 Å². The van der Waals surface area contributed by atoms with Crippen molar-refractivity contribution in [1.29, 1.82) is 0 Å². The van der Waals surface area contributed by atoms with E-state index in [2.05, 4.69) is 10.3 Å². The lowest BCUT2D eigenvalue weighted by Gasteiger charge is -2.08. The number of hydrogen-bond acceptors (Lipinski definition) is 7. The average Bonchev–Trinajstić information content (AvgIpc) is 3.39. The highest BCUT2D eigenvalue weighted by atomic mass is 32.1. The summed E-state index contributed by atoms with van der Waals surface area (Å²) in [5.74, 6) is 0.499. The van der Waals surface area contributed by atoms with Crippen LogP contribution in [0.4, 0.5) is 9.52 Å². The van der Waals surface area contributed by atoms with Crippen molar-refractivity contribution in [3.05, 3.63) is 58.0 Å². The summed E-state index contributed by atoms with van der Waals surface area (Å²) in [6.45, 7) is 0.137. The van der Waals surface area contributed by atoms with Crippen LogP contribution in [0.25, 0.3) is 21.3 Å². The number of halogens is 1. The van der Waals surface area contributed by atoms with Crippen LogP contribution in [-0.2, 0) is 11.3 Å². The van der Waals surface area contributed by atoms with Gasteiger partial charge in [0.15, 0.2) is 16.6 Å². The van der Waals surface area contributed by atoms with Crippen molar-refractivity contribution in [1.82, 2.24) is 4.98 Å². The summed E-state index contributed by atoms with van der Waals surface area (Å²) in [6.07, 6.45) is 0. The molecule has 0 atom stereocenters. The second kappa shape index (κ2) is 9.01. The number of anilines is 1. The molecule has 0 aliphatic rings. The van der Waals surface area contributed by atoms with Crippen LogP contribution in [0, 0.1) is 5.82 Å². The van der Waals surface area contributed by atoms with Gasteiger partial charge in [-0.3, -0.25) is 10.1 Å². The molecule has 1 N–H and O–H groups in total. The first-order valence-corrected chi connectivity index (χ1v) is 10.9. The Morgan fingerprint density at radius 1 is 1.13 bits per heavy atom. The van der Waals surface area contributed by atoms with Gasteiger partial charge in [0, 0.05) is 33.7 Å². The van der Waals surface area contributed by atoms with Crippen LogP contribution in [0.2, 0.25) is 0 Å². The Kier molecular flexibility index (Phi) is 6.17. The molecular formula is C22H19FN2O4S2. The van der Waals surface area contributed by atoms with Crippen LogP contribution >= 0.6 is 22.7 Å². The molecule has 4 rings (SSSR count). The van der Waals surface area contributed by atoms with Gasteiger partial charge in [-0.25, -0.2) is 9.37 Å². The Hall–Kier alpha value is -3.01. The summed E-state index contributed by atoms with van der Waals surface area (Å²) in [7, 11) is 4.66. The minimum atomic E-state index is -0.371. The van der Waals surface area contributed by atoms with Gasteiger partial charge in [0.05, 0.1) is 31.4 Å². The van der Waals surface area contributed by atoms with Gasteiger partial charge in [-0.2, -0.15) is 0 Å². The van der Waals surface area contributed by atoms with Gasteiger partial charge in [-0.15, -0.1) is 22.7 Å². The van der Waals surface area contributed by atoms with Crippen LogP contribution in [0.1, 0.15) is 15.2 Å². The third-order valence-corrected chi connectivity index (χ3v) is 6.62. The quantitative estimate of drug-likeness (QED) is 0.392. The molecule has 2 heterocycles. The fourth-order valence-electron chi connectivity index (χ4n) is 3.25. The van der Waals surface area contributed by atoms with Crippen molar-refractivity contribution in [2.75, 3.05) is 26.6 Å². The Bertz CT molecular complexity index is 1250. The maximum atomic E-state index is 14.4. The van der Waals surface area contributed by atoms with Crippen molar-refractivity contribution in [3.63, 3.8) is 0 Å². The second-order valence-corrected chi connectivity index (χ2v) is 8.43. The Labute approximate surface area is 186 Å². The number of hydrogen-bond donors (Lipinski definition) is 1. The number of carbonyl (C=O) groups is 1. The molecule has 160 valence electrons. The number of carbonyl (C=O) groups excluding carboxylic acids is 1.